The van der Waals surface area contributed by atoms with E-state index in [1.165, 1.54) is 11.3 Å². The number of carbonyl (C=O) groups excluding carboxylic acids is 1. The Bertz CT molecular complexity index is 909. The molecule has 0 fully saturated rings. The van der Waals surface area contributed by atoms with Gasteiger partial charge >= 0.3 is 0 Å². The first-order valence-electron chi connectivity index (χ1n) is 8.32. The molecule has 0 aliphatic heterocycles. The summed E-state index contributed by atoms with van der Waals surface area (Å²) in [5, 5.41) is 4.52. The number of ether oxygens (including phenoxy) is 1. The summed E-state index contributed by atoms with van der Waals surface area (Å²) in [6, 6.07) is 7.35. The topological polar surface area (TPSA) is 71.7 Å². The molecule has 1 amide bonds. The van der Waals surface area contributed by atoms with Crippen LogP contribution in [0.1, 0.15) is 22.7 Å². The second kappa shape index (κ2) is 9.16. The zero-order chi connectivity index (χ0) is 18.7. The first kappa shape index (κ1) is 21.1. The van der Waals surface area contributed by atoms with Crippen LogP contribution < -0.4 is 9.64 Å². The normalized spacial score (nSPS) is 10.9. The third-order valence-corrected chi connectivity index (χ3v) is 4.94. The number of amides is 1. The summed E-state index contributed by atoms with van der Waals surface area (Å²) in [7, 11) is 5.65. The summed E-state index contributed by atoms with van der Waals surface area (Å²) < 4.78 is 11.3. The number of aryl methyl sites for hydroxylation is 1. The molecule has 2 aromatic heterocycles. The largest absolute Gasteiger partial charge is 0.497 e. The van der Waals surface area contributed by atoms with Crippen molar-refractivity contribution in [3.63, 3.8) is 0 Å². The van der Waals surface area contributed by atoms with Crippen LogP contribution in [-0.4, -0.2) is 55.2 Å². The van der Waals surface area contributed by atoms with Gasteiger partial charge in [0.05, 0.1) is 17.3 Å². The molecule has 1 aromatic carbocycles. The van der Waals surface area contributed by atoms with Crippen molar-refractivity contribution in [1.29, 1.82) is 0 Å². The van der Waals surface area contributed by atoms with Crippen molar-refractivity contribution in [2.24, 2.45) is 0 Å². The van der Waals surface area contributed by atoms with E-state index in [4.69, 9.17) is 9.26 Å². The molecular weight excluding hydrogens is 388 g/mol. The zero-order valence-corrected chi connectivity index (χ0v) is 17.4. The molecule has 0 aliphatic rings. The molecule has 0 unspecified atom stereocenters. The minimum atomic E-state index is -0.202. The van der Waals surface area contributed by atoms with Gasteiger partial charge < -0.3 is 14.2 Å². The third-order valence-electron chi connectivity index (χ3n) is 3.89. The Kier molecular flexibility index (Phi) is 7.18. The Morgan fingerprint density at radius 1 is 1.26 bits per heavy atom. The van der Waals surface area contributed by atoms with Gasteiger partial charge in [0, 0.05) is 12.6 Å². The maximum absolute atomic E-state index is 13.0. The molecule has 146 valence electrons. The molecule has 0 bridgehead atoms. The fourth-order valence-corrected chi connectivity index (χ4v) is 3.59. The Hall–Kier alpha value is -2.16. The average molecular weight is 411 g/mol. The molecule has 9 heteroatoms. The number of nitrogens with zero attached hydrogens (tertiary/aromatic N) is 4. The zero-order valence-electron chi connectivity index (χ0n) is 15.8. The van der Waals surface area contributed by atoms with Crippen molar-refractivity contribution >= 4 is 45.0 Å². The van der Waals surface area contributed by atoms with Gasteiger partial charge in [0.25, 0.3) is 5.91 Å². The van der Waals surface area contributed by atoms with Crippen molar-refractivity contribution in [3.05, 3.63) is 35.7 Å². The van der Waals surface area contributed by atoms with Gasteiger partial charge in [-0.3, -0.25) is 9.69 Å². The standard InChI is InChI=1S/C18H22N4O3S.ClH/c1-12-10-15(20-25-12)17(23)22(9-5-8-21(2)3)18-19-14-7-6-13(24-4)11-16(14)26-18;/h6-7,10-11H,5,8-9H2,1-4H3;1H. The first-order valence-corrected chi connectivity index (χ1v) is 9.14. The fourth-order valence-electron chi connectivity index (χ4n) is 2.57. The molecule has 0 atom stereocenters. The summed E-state index contributed by atoms with van der Waals surface area (Å²) in [5.41, 5.74) is 1.14. The molecule has 0 aliphatic carbocycles. The minimum absolute atomic E-state index is 0. The Morgan fingerprint density at radius 2 is 2.04 bits per heavy atom. The van der Waals surface area contributed by atoms with Crippen molar-refractivity contribution in [2.75, 3.05) is 39.2 Å². The maximum Gasteiger partial charge on any atom is 0.282 e. The summed E-state index contributed by atoms with van der Waals surface area (Å²) in [6.07, 6.45) is 0.828. The predicted molar refractivity (Wildman–Crippen MR) is 110 cm³/mol. The number of anilines is 1. The van der Waals surface area contributed by atoms with E-state index in [9.17, 15) is 4.79 Å². The molecule has 3 aromatic rings. The van der Waals surface area contributed by atoms with E-state index in [0.29, 0.717) is 23.1 Å². The lowest BCUT2D eigenvalue weighted by molar-refractivity contribution is 0.0977. The summed E-state index contributed by atoms with van der Waals surface area (Å²) in [6.45, 7) is 3.20. The molecule has 7 nitrogen and oxygen atoms in total. The van der Waals surface area contributed by atoms with Crippen molar-refractivity contribution in [1.82, 2.24) is 15.0 Å². The Morgan fingerprint density at radius 3 is 2.67 bits per heavy atom. The van der Waals surface area contributed by atoms with E-state index >= 15 is 0 Å². The molecule has 0 N–H and O–H groups in total. The lowest BCUT2D eigenvalue weighted by Gasteiger charge is -2.19. The van der Waals surface area contributed by atoms with E-state index in [-0.39, 0.29) is 18.3 Å². The lowest BCUT2D eigenvalue weighted by atomic mass is 10.3. The minimum Gasteiger partial charge on any atom is -0.497 e. The van der Waals surface area contributed by atoms with Crippen LogP contribution in [0.4, 0.5) is 5.13 Å². The van der Waals surface area contributed by atoms with Crippen LogP contribution >= 0.6 is 23.7 Å². The number of thiazole rings is 1. The summed E-state index contributed by atoms with van der Waals surface area (Å²) >= 11 is 1.47. The SMILES string of the molecule is COc1ccc2nc(N(CCCN(C)C)C(=O)c3cc(C)on3)sc2c1.Cl. The average Bonchev–Trinajstić information content (AvgIpc) is 3.23. The van der Waals surface area contributed by atoms with Gasteiger partial charge in [0.2, 0.25) is 0 Å². The number of fused-ring (bicyclic) bond motifs is 1. The van der Waals surface area contributed by atoms with E-state index in [2.05, 4.69) is 15.0 Å². The molecule has 3 rings (SSSR count). The number of hydrogen-bond acceptors (Lipinski definition) is 7. The van der Waals surface area contributed by atoms with Crippen LogP contribution in [0.3, 0.4) is 0 Å². The molecule has 0 saturated heterocycles. The van der Waals surface area contributed by atoms with Crippen molar-refractivity contribution < 1.29 is 14.1 Å². The van der Waals surface area contributed by atoms with E-state index in [0.717, 1.165) is 28.9 Å². The highest BCUT2D eigenvalue weighted by Gasteiger charge is 2.24. The Labute approximate surface area is 168 Å². The lowest BCUT2D eigenvalue weighted by Crippen LogP contribution is -2.33. The fraction of sp³-hybridized carbons (Fsp3) is 0.389. The highest BCUT2D eigenvalue weighted by Crippen LogP contribution is 2.32. The number of hydrogen-bond donors (Lipinski definition) is 0. The van der Waals surface area contributed by atoms with Crippen molar-refractivity contribution in [3.8, 4) is 5.75 Å². The van der Waals surface area contributed by atoms with Crippen LogP contribution in [0.5, 0.6) is 5.75 Å². The number of rotatable bonds is 7. The quantitative estimate of drug-likeness (QED) is 0.592. The number of carbonyl (C=O) groups is 1. The molecule has 2 heterocycles. The van der Waals surface area contributed by atoms with Gasteiger partial charge in [-0.05, 0) is 52.2 Å². The monoisotopic (exact) mass is 410 g/mol. The summed E-state index contributed by atoms with van der Waals surface area (Å²) in [4.78, 5) is 21.4. The number of benzene rings is 1. The van der Waals surface area contributed by atoms with Crippen LogP contribution in [0.2, 0.25) is 0 Å². The molecule has 0 radical (unpaired) electrons. The highest BCUT2D eigenvalue weighted by molar-refractivity contribution is 7.22. The Balaban J connectivity index is 0.00000261. The number of aromatic nitrogens is 2. The second-order valence-electron chi connectivity index (χ2n) is 6.27. The number of halogens is 1. The van der Waals surface area contributed by atoms with Crippen LogP contribution in [0.15, 0.2) is 28.8 Å². The van der Waals surface area contributed by atoms with Crippen LogP contribution in [-0.2, 0) is 0 Å². The van der Waals surface area contributed by atoms with Gasteiger partial charge in [0.15, 0.2) is 10.8 Å². The van der Waals surface area contributed by atoms with E-state index in [1.54, 1.807) is 25.0 Å². The molecule has 0 saturated carbocycles. The van der Waals surface area contributed by atoms with Gasteiger partial charge in [0.1, 0.15) is 11.5 Å². The third kappa shape index (κ3) is 4.97. The van der Waals surface area contributed by atoms with Gasteiger partial charge in [-0.25, -0.2) is 4.98 Å². The van der Waals surface area contributed by atoms with E-state index < -0.39 is 0 Å². The van der Waals surface area contributed by atoms with Gasteiger partial charge in [-0.2, -0.15) is 0 Å². The molecule has 0 spiro atoms. The van der Waals surface area contributed by atoms with Crippen molar-refractivity contribution in [2.45, 2.75) is 13.3 Å². The second-order valence-corrected chi connectivity index (χ2v) is 7.28. The van der Waals surface area contributed by atoms with E-state index in [1.807, 2.05) is 32.3 Å². The molecule has 27 heavy (non-hydrogen) atoms. The van der Waals surface area contributed by atoms with Crippen LogP contribution in [0, 0.1) is 6.92 Å². The number of methoxy groups -OCH3 is 1. The molecular formula is C18H23ClN4O3S. The highest BCUT2D eigenvalue weighted by atomic mass is 35.5. The van der Waals surface area contributed by atoms with Crippen LogP contribution in [0.25, 0.3) is 10.2 Å². The maximum atomic E-state index is 13.0. The van der Waals surface area contributed by atoms with Gasteiger partial charge in [-0.15, -0.1) is 12.4 Å². The predicted octanol–water partition coefficient (Wildman–Crippen LogP) is 3.62. The first-order chi connectivity index (χ1) is 12.5. The van der Waals surface area contributed by atoms with Gasteiger partial charge in [-0.1, -0.05) is 16.5 Å². The smallest absolute Gasteiger partial charge is 0.282 e. The summed E-state index contributed by atoms with van der Waals surface area (Å²) in [5.74, 6) is 1.17.